The molecule has 0 aliphatic heterocycles. The zero-order chi connectivity index (χ0) is 11.4. The molecule has 1 aliphatic rings. The van der Waals surface area contributed by atoms with Crippen LogP contribution in [0.3, 0.4) is 0 Å². The summed E-state index contributed by atoms with van der Waals surface area (Å²) in [6, 6.07) is 7.72. The summed E-state index contributed by atoms with van der Waals surface area (Å²) in [5, 5.41) is 2.98. The van der Waals surface area contributed by atoms with E-state index < -0.39 is 0 Å². The average molecular weight is 218 g/mol. The Morgan fingerprint density at radius 2 is 2.00 bits per heavy atom. The Kier molecular flexibility index (Phi) is 3.57. The highest BCUT2D eigenvalue weighted by Gasteiger charge is 2.22. The van der Waals surface area contributed by atoms with Gasteiger partial charge in [-0.3, -0.25) is 4.79 Å². The predicted molar refractivity (Wildman–Crippen MR) is 64.9 cm³/mol. The van der Waals surface area contributed by atoms with Gasteiger partial charge in [0.25, 0.3) is 0 Å². The minimum absolute atomic E-state index is 0.151. The van der Waals surface area contributed by atoms with Gasteiger partial charge in [-0.25, -0.2) is 0 Å². The molecule has 3 heteroatoms. The third-order valence-corrected chi connectivity index (χ3v) is 3.22. The van der Waals surface area contributed by atoms with Crippen LogP contribution < -0.4 is 11.1 Å². The van der Waals surface area contributed by atoms with E-state index in [-0.39, 0.29) is 11.8 Å². The first-order valence-electron chi connectivity index (χ1n) is 5.90. The molecule has 3 nitrogen and oxygen atoms in total. The van der Waals surface area contributed by atoms with Crippen molar-refractivity contribution in [2.24, 2.45) is 11.7 Å². The summed E-state index contributed by atoms with van der Waals surface area (Å²) in [4.78, 5) is 11.9. The van der Waals surface area contributed by atoms with Crippen LogP contribution in [-0.2, 0) is 11.3 Å². The first-order chi connectivity index (χ1) is 7.81. The van der Waals surface area contributed by atoms with Crippen molar-refractivity contribution < 1.29 is 4.79 Å². The van der Waals surface area contributed by atoms with Gasteiger partial charge in [-0.1, -0.05) is 31.0 Å². The minimum atomic E-state index is 0.151. The lowest BCUT2D eigenvalue weighted by Gasteiger charge is -2.13. The number of para-hydroxylation sites is 1. The van der Waals surface area contributed by atoms with Gasteiger partial charge in [0.05, 0.1) is 0 Å². The van der Waals surface area contributed by atoms with Crippen molar-refractivity contribution in [2.45, 2.75) is 32.2 Å². The third kappa shape index (κ3) is 2.42. The number of anilines is 1. The number of hydrogen-bond donors (Lipinski definition) is 2. The topological polar surface area (TPSA) is 55.1 Å². The van der Waals surface area contributed by atoms with E-state index in [4.69, 9.17) is 5.73 Å². The lowest BCUT2D eigenvalue weighted by atomic mass is 10.1. The molecule has 0 atom stereocenters. The van der Waals surface area contributed by atoms with Crippen LogP contribution in [-0.4, -0.2) is 5.91 Å². The van der Waals surface area contributed by atoms with E-state index in [0.29, 0.717) is 6.54 Å². The summed E-state index contributed by atoms with van der Waals surface area (Å²) in [7, 11) is 0. The van der Waals surface area contributed by atoms with Crippen LogP contribution in [0.5, 0.6) is 0 Å². The highest BCUT2D eigenvalue weighted by molar-refractivity contribution is 5.93. The fourth-order valence-corrected chi connectivity index (χ4v) is 2.24. The zero-order valence-corrected chi connectivity index (χ0v) is 9.41. The molecule has 1 aromatic rings. The minimum Gasteiger partial charge on any atom is -0.326 e. The zero-order valence-electron chi connectivity index (χ0n) is 9.41. The maximum absolute atomic E-state index is 11.9. The van der Waals surface area contributed by atoms with Crippen LogP contribution in [0.4, 0.5) is 5.69 Å². The molecule has 2 rings (SSSR count). The number of carbonyl (C=O) groups is 1. The normalized spacial score (nSPS) is 16.3. The van der Waals surface area contributed by atoms with Crippen molar-refractivity contribution in [1.29, 1.82) is 0 Å². The maximum atomic E-state index is 11.9. The van der Waals surface area contributed by atoms with Gasteiger partial charge in [-0.05, 0) is 24.5 Å². The molecule has 1 amide bonds. The summed E-state index contributed by atoms with van der Waals surface area (Å²) in [6.45, 7) is 0.459. The fourth-order valence-electron chi connectivity index (χ4n) is 2.24. The van der Waals surface area contributed by atoms with E-state index >= 15 is 0 Å². The second-order valence-corrected chi connectivity index (χ2v) is 4.33. The van der Waals surface area contributed by atoms with E-state index in [0.717, 1.165) is 24.1 Å². The molecular weight excluding hydrogens is 200 g/mol. The van der Waals surface area contributed by atoms with Crippen molar-refractivity contribution in [3.63, 3.8) is 0 Å². The van der Waals surface area contributed by atoms with Crippen LogP contribution >= 0.6 is 0 Å². The quantitative estimate of drug-likeness (QED) is 0.817. The molecule has 0 heterocycles. The summed E-state index contributed by atoms with van der Waals surface area (Å²) in [6.07, 6.45) is 4.40. The summed E-state index contributed by atoms with van der Waals surface area (Å²) < 4.78 is 0. The van der Waals surface area contributed by atoms with Gasteiger partial charge in [0.2, 0.25) is 5.91 Å². The number of amides is 1. The van der Waals surface area contributed by atoms with E-state index in [2.05, 4.69) is 5.32 Å². The van der Waals surface area contributed by atoms with Crippen LogP contribution in [0, 0.1) is 5.92 Å². The number of carbonyl (C=O) groups excluding carboxylic acids is 1. The second-order valence-electron chi connectivity index (χ2n) is 4.33. The van der Waals surface area contributed by atoms with Crippen molar-refractivity contribution in [3.8, 4) is 0 Å². The van der Waals surface area contributed by atoms with Crippen molar-refractivity contribution >= 4 is 11.6 Å². The van der Waals surface area contributed by atoms with Gasteiger partial charge in [0, 0.05) is 18.2 Å². The Morgan fingerprint density at radius 1 is 1.31 bits per heavy atom. The Bertz CT molecular complexity index is 370. The number of nitrogens with one attached hydrogen (secondary N) is 1. The molecule has 1 aromatic carbocycles. The summed E-state index contributed by atoms with van der Waals surface area (Å²) >= 11 is 0. The van der Waals surface area contributed by atoms with Crippen molar-refractivity contribution in [1.82, 2.24) is 0 Å². The standard InChI is InChI=1S/C13H18N2O/c14-9-11-7-3-4-8-12(11)15-13(16)10-5-1-2-6-10/h3-4,7-8,10H,1-2,5-6,9,14H2,(H,15,16). The first kappa shape index (κ1) is 11.1. The molecule has 0 radical (unpaired) electrons. The molecule has 1 fully saturated rings. The van der Waals surface area contributed by atoms with E-state index in [1.165, 1.54) is 12.8 Å². The van der Waals surface area contributed by atoms with Gasteiger partial charge < -0.3 is 11.1 Å². The second kappa shape index (κ2) is 5.12. The first-order valence-corrected chi connectivity index (χ1v) is 5.90. The molecule has 86 valence electrons. The summed E-state index contributed by atoms with van der Waals surface area (Å²) in [5.41, 5.74) is 7.49. The van der Waals surface area contributed by atoms with Crippen LogP contribution in [0.15, 0.2) is 24.3 Å². The lowest BCUT2D eigenvalue weighted by Crippen LogP contribution is -2.21. The molecule has 0 spiro atoms. The fraction of sp³-hybridized carbons (Fsp3) is 0.462. The molecule has 16 heavy (non-hydrogen) atoms. The number of nitrogens with two attached hydrogens (primary N) is 1. The number of benzene rings is 1. The molecule has 1 saturated carbocycles. The van der Waals surface area contributed by atoms with E-state index in [9.17, 15) is 4.79 Å². The Labute approximate surface area is 96.0 Å². The molecular formula is C13H18N2O. The maximum Gasteiger partial charge on any atom is 0.227 e. The van der Waals surface area contributed by atoms with Gasteiger partial charge in [0.15, 0.2) is 0 Å². The van der Waals surface area contributed by atoms with Gasteiger partial charge in [-0.15, -0.1) is 0 Å². The molecule has 0 aromatic heterocycles. The SMILES string of the molecule is NCc1ccccc1NC(=O)C1CCCC1. The van der Waals surface area contributed by atoms with Crippen LogP contribution in [0.1, 0.15) is 31.2 Å². The molecule has 0 saturated heterocycles. The average Bonchev–Trinajstić information content (AvgIpc) is 2.83. The molecule has 1 aliphatic carbocycles. The Balaban J connectivity index is 2.05. The number of hydrogen-bond acceptors (Lipinski definition) is 2. The molecule has 0 unspecified atom stereocenters. The third-order valence-electron chi connectivity index (χ3n) is 3.22. The van der Waals surface area contributed by atoms with Gasteiger partial charge >= 0.3 is 0 Å². The van der Waals surface area contributed by atoms with Gasteiger partial charge in [-0.2, -0.15) is 0 Å². The largest absolute Gasteiger partial charge is 0.326 e. The monoisotopic (exact) mass is 218 g/mol. The van der Waals surface area contributed by atoms with E-state index in [1.54, 1.807) is 0 Å². The van der Waals surface area contributed by atoms with Crippen molar-refractivity contribution in [2.75, 3.05) is 5.32 Å². The highest BCUT2D eigenvalue weighted by Crippen LogP contribution is 2.26. The molecule has 0 bridgehead atoms. The molecule has 3 N–H and O–H groups in total. The smallest absolute Gasteiger partial charge is 0.227 e. The number of rotatable bonds is 3. The highest BCUT2D eigenvalue weighted by atomic mass is 16.1. The van der Waals surface area contributed by atoms with E-state index in [1.807, 2.05) is 24.3 Å². The lowest BCUT2D eigenvalue weighted by molar-refractivity contribution is -0.119. The summed E-state index contributed by atoms with van der Waals surface area (Å²) in [5.74, 6) is 0.351. The van der Waals surface area contributed by atoms with Crippen molar-refractivity contribution in [3.05, 3.63) is 29.8 Å². The Hall–Kier alpha value is -1.35. The Morgan fingerprint density at radius 3 is 2.69 bits per heavy atom. The predicted octanol–water partition coefficient (Wildman–Crippen LogP) is 2.27. The van der Waals surface area contributed by atoms with Crippen LogP contribution in [0.2, 0.25) is 0 Å². The van der Waals surface area contributed by atoms with Gasteiger partial charge in [0.1, 0.15) is 0 Å². The van der Waals surface area contributed by atoms with Crippen LogP contribution in [0.25, 0.3) is 0 Å².